The van der Waals surface area contributed by atoms with Gasteiger partial charge in [-0.25, -0.2) is 8.42 Å². The van der Waals surface area contributed by atoms with Gasteiger partial charge in [-0.05, 0) is 49.4 Å². The number of amides is 1. The summed E-state index contributed by atoms with van der Waals surface area (Å²) < 4.78 is 38.0. The van der Waals surface area contributed by atoms with Gasteiger partial charge in [-0.15, -0.1) is 0 Å². The molecule has 3 heterocycles. The molecule has 0 spiro atoms. The number of hydrogen-bond acceptors (Lipinski definition) is 6. The summed E-state index contributed by atoms with van der Waals surface area (Å²) in [7, 11) is -3.79. The molecule has 1 saturated heterocycles. The number of fused-ring (bicyclic) bond motifs is 1. The second kappa shape index (κ2) is 6.97. The Bertz CT molecular complexity index is 963. The van der Waals surface area contributed by atoms with Gasteiger partial charge in [0.05, 0.1) is 4.90 Å². The fourth-order valence-corrected chi connectivity index (χ4v) is 4.51. The molecule has 0 bridgehead atoms. The van der Waals surface area contributed by atoms with Crippen LogP contribution in [0.1, 0.15) is 29.7 Å². The van der Waals surface area contributed by atoms with Crippen molar-refractivity contribution in [3.63, 3.8) is 0 Å². The molecule has 2 aromatic rings. The van der Waals surface area contributed by atoms with Crippen LogP contribution in [0.4, 0.5) is 5.82 Å². The number of aryl methyl sites for hydroxylation is 1. The van der Waals surface area contributed by atoms with E-state index in [1.165, 1.54) is 6.07 Å². The molecular weight excluding hydrogens is 370 g/mol. The van der Waals surface area contributed by atoms with E-state index in [4.69, 9.17) is 9.26 Å². The average Bonchev–Trinajstić information content (AvgIpc) is 3.32. The van der Waals surface area contributed by atoms with E-state index in [9.17, 15) is 13.2 Å². The first kappa shape index (κ1) is 18.0. The van der Waals surface area contributed by atoms with Gasteiger partial charge in [-0.1, -0.05) is 11.2 Å². The lowest BCUT2D eigenvalue weighted by Gasteiger charge is -2.30. The molecule has 1 fully saturated rings. The van der Waals surface area contributed by atoms with Gasteiger partial charge in [0.15, 0.2) is 5.82 Å². The van der Waals surface area contributed by atoms with Gasteiger partial charge in [-0.2, -0.15) is 0 Å². The summed E-state index contributed by atoms with van der Waals surface area (Å²) in [4.78, 5) is 14.5. The summed E-state index contributed by atoms with van der Waals surface area (Å²) in [6, 6.07) is 6.52. The summed E-state index contributed by atoms with van der Waals surface area (Å²) in [5, 5.41) is 3.66. The van der Waals surface area contributed by atoms with Crippen LogP contribution in [0.25, 0.3) is 0 Å². The number of aromatic nitrogens is 1. The molecule has 1 unspecified atom stereocenters. The van der Waals surface area contributed by atoms with E-state index in [1.807, 2.05) is 6.07 Å². The standard InChI is InChI=1S/C18H21N3O5S/c1-12-9-17(19-26-12)20-27(23,24)15-5-4-13-6-7-21(11-14(13)10-15)18(22)16-3-2-8-25-16/h4-5,9-10,16H,2-3,6-8,11H2,1H3,(H,19,20). The molecule has 9 heteroatoms. The Morgan fingerprint density at radius 1 is 1.30 bits per heavy atom. The third kappa shape index (κ3) is 3.70. The number of benzene rings is 1. The number of rotatable bonds is 4. The number of carbonyl (C=O) groups is 1. The van der Waals surface area contributed by atoms with Gasteiger partial charge in [0.1, 0.15) is 11.9 Å². The number of carbonyl (C=O) groups excluding carboxylic acids is 1. The van der Waals surface area contributed by atoms with Crippen LogP contribution in [0.15, 0.2) is 33.7 Å². The maximum atomic E-state index is 12.6. The third-order valence-electron chi connectivity index (χ3n) is 4.88. The van der Waals surface area contributed by atoms with E-state index in [2.05, 4.69) is 9.88 Å². The van der Waals surface area contributed by atoms with Crippen molar-refractivity contribution in [3.8, 4) is 0 Å². The Morgan fingerprint density at radius 2 is 2.15 bits per heavy atom. The van der Waals surface area contributed by atoms with Crippen LogP contribution in [0.5, 0.6) is 0 Å². The van der Waals surface area contributed by atoms with E-state index >= 15 is 0 Å². The van der Waals surface area contributed by atoms with Crippen molar-refractivity contribution in [2.24, 2.45) is 0 Å². The molecule has 1 aromatic carbocycles. The number of nitrogens with one attached hydrogen (secondary N) is 1. The third-order valence-corrected chi connectivity index (χ3v) is 6.24. The molecule has 2 aliphatic rings. The maximum Gasteiger partial charge on any atom is 0.263 e. The van der Waals surface area contributed by atoms with Crippen molar-refractivity contribution in [1.82, 2.24) is 10.1 Å². The second-order valence-electron chi connectivity index (χ2n) is 6.87. The molecule has 2 aliphatic heterocycles. The van der Waals surface area contributed by atoms with E-state index in [0.29, 0.717) is 31.9 Å². The van der Waals surface area contributed by atoms with Crippen LogP contribution in [0.3, 0.4) is 0 Å². The summed E-state index contributed by atoms with van der Waals surface area (Å²) in [6.07, 6.45) is 1.98. The minimum Gasteiger partial charge on any atom is -0.368 e. The molecule has 144 valence electrons. The molecule has 1 N–H and O–H groups in total. The Hall–Kier alpha value is -2.39. The first-order chi connectivity index (χ1) is 12.9. The Balaban J connectivity index is 1.54. The van der Waals surface area contributed by atoms with Gasteiger partial charge < -0.3 is 14.2 Å². The van der Waals surface area contributed by atoms with Crippen molar-refractivity contribution >= 4 is 21.7 Å². The Kier molecular flexibility index (Phi) is 4.65. The lowest BCUT2D eigenvalue weighted by atomic mass is 9.99. The van der Waals surface area contributed by atoms with Crippen molar-refractivity contribution < 1.29 is 22.5 Å². The second-order valence-corrected chi connectivity index (χ2v) is 8.55. The predicted molar refractivity (Wildman–Crippen MR) is 96.6 cm³/mol. The largest absolute Gasteiger partial charge is 0.368 e. The van der Waals surface area contributed by atoms with Crippen LogP contribution in [-0.4, -0.2) is 43.6 Å². The van der Waals surface area contributed by atoms with Crippen molar-refractivity contribution in [2.45, 2.75) is 43.7 Å². The zero-order valence-corrected chi connectivity index (χ0v) is 15.8. The highest BCUT2D eigenvalue weighted by atomic mass is 32.2. The molecule has 0 saturated carbocycles. The topological polar surface area (TPSA) is 102 Å². The lowest BCUT2D eigenvalue weighted by molar-refractivity contribution is -0.141. The van der Waals surface area contributed by atoms with Gasteiger partial charge in [0.2, 0.25) is 0 Å². The van der Waals surface area contributed by atoms with E-state index in [-0.39, 0.29) is 22.7 Å². The number of hydrogen-bond donors (Lipinski definition) is 1. The van der Waals surface area contributed by atoms with Gasteiger partial charge in [0.25, 0.3) is 15.9 Å². The Morgan fingerprint density at radius 3 is 2.85 bits per heavy atom. The van der Waals surface area contributed by atoms with Crippen molar-refractivity contribution in [2.75, 3.05) is 17.9 Å². The highest BCUT2D eigenvalue weighted by Gasteiger charge is 2.30. The Labute approximate surface area is 157 Å². The fourth-order valence-electron chi connectivity index (χ4n) is 3.48. The summed E-state index contributed by atoms with van der Waals surface area (Å²) in [6.45, 7) is 3.31. The van der Waals surface area contributed by atoms with Gasteiger partial charge in [0, 0.05) is 25.8 Å². The first-order valence-corrected chi connectivity index (χ1v) is 10.4. The zero-order chi connectivity index (χ0) is 19.0. The molecule has 1 amide bonds. The molecule has 1 aromatic heterocycles. The molecule has 0 aliphatic carbocycles. The summed E-state index contributed by atoms with van der Waals surface area (Å²) in [5.41, 5.74) is 1.90. The van der Waals surface area contributed by atoms with Crippen LogP contribution >= 0.6 is 0 Å². The normalized spacial score (nSPS) is 19.7. The molecule has 27 heavy (non-hydrogen) atoms. The number of sulfonamides is 1. The van der Waals surface area contributed by atoms with Crippen LogP contribution in [-0.2, 0) is 32.5 Å². The van der Waals surface area contributed by atoms with Crippen molar-refractivity contribution in [3.05, 3.63) is 41.2 Å². The van der Waals surface area contributed by atoms with Crippen LogP contribution in [0, 0.1) is 6.92 Å². The van der Waals surface area contributed by atoms with Crippen molar-refractivity contribution in [1.29, 1.82) is 0 Å². The minimum absolute atomic E-state index is 0.0115. The highest BCUT2D eigenvalue weighted by Crippen LogP contribution is 2.26. The first-order valence-electron chi connectivity index (χ1n) is 8.91. The lowest BCUT2D eigenvalue weighted by Crippen LogP contribution is -2.42. The number of anilines is 1. The smallest absolute Gasteiger partial charge is 0.263 e. The average molecular weight is 391 g/mol. The molecular formula is C18H21N3O5S. The SMILES string of the molecule is Cc1cc(NS(=O)(=O)c2ccc3c(c2)CN(C(=O)C2CCCO2)CC3)no1. The predicted octanol–water partition coefficient (Wildman–Crippen LogP) is 1.85. The van der Waals surface area contributed by atoms with E-state index in [1.54, 1.807) is 24.0 Å². The van der Waals surface area contributed by atoms with E-state index < -0.39 is 10.0 Å². The molecule has 0 radical (unpaired) electrons. The van der Waals surface area contributed by atoms with Crippen LogP contribution in [0.2, 0.25) is 0 Å². The quantitative estimate of drug-likeness (QED) is 0.853. The molecule has 8 nitrogen and oxygen atoms in total. The maximum absolute atomic E-state index is 12.6. The zero-order valence-electron chi connectivity index (χ0n) is 15.0. The highest BCUT2D eigenvalue weighted by molar-refractivity contribution is 7.92. The molecule has 1 atom stereocenters. The number of nitrogens with zero attached hydrogens (tertiary/aromatic N) is 2. The summed E-state index contributed by atoms with van der Waals surface area (Å²) >= 11 is 0. The van der Waals surface area contributed by atoms with Crippen LogP contribution < -0.4 is 4.72 Å². The monoisotopic (exact) mass is 391 g/mol. The van der Waals surface area contributed by atoms with Gasteiger partial charge >= 0.3 is 0 Å². The van der Waals surface area contributed by atoms with E-state index in [0.717, 1.165) is 24.0 Å². The molecule has 4 rings (SSSR count). The number of ether oxygens (including phenoxy) is 1. The summed E-state index contributed by atoms with van der Waals surface area (Å²) in [5.74, 6) is 0.643. The van der Waals surface area contributed by atoms with Gasteiger partial charge in [-0.3, -0.25) is 9.52 Å². The fraction of sp³-hybridized carbons (Fsp3) is 0.444. The minimum atomic E-state index is -3.79.